The molecular formula is C19H22N4OS. The highest BCUT2D eigenvalue weighted by molar-refractivity contribution is 7.15. The zero-order valence-corrected chi connectivity index (χ0v) is 15.6. The highest BCUT2D eigenvalue weighted by atomic mass is 32.1. The van der Waals surface area contributed by atoms with Crippen molar-refractivity contribution in [2.24, 2.45) is 0 Å². The highest BCUT2D eigenvalue weighted by Crippen LogP contribution is 2.26. The van der Waals surface area contributed by atoms with Gasteiger partial charge in [0.15, 0.2) is 4.96 Å². The number of thiazole rings is 1. The quantitative estimate of drug-likeness (QED) is 0.710. The normalized spacial score (nSPS) is 18.8. The first-order valence-corrected chi connectivity index (χ1v) is 9.44. The number of rotatable bonds is 2. The molecule has 1 aromatic carbocycles. The first kappa shape index (κ1) is 16.3. The van der Waals surface area contributed by atoms with Gasteiger partial charge < -0.3 is 9.80 Å². The zero-order chi connectivity index (χ0) is 17.6. The number of carbonyl (C=O) groups excluding carboxylic acids is 1. The summed E-state index contributed by atoms with van der Waals surface area (Å²) in [5.41, 5.74) is 3.94. The minimum atomic E-state index is 0.0972. The maximum atomic E-state index is 13.0. The highest BCUT2D eigenvalue weighted by Gasteiger charge is 2.27. The molecule has 1 aliphatic rings. The van der Waals surface area contributed by atoms with E-state index in [1.807, 2.05) is 33.0 Å². The Morgan fingerprint density at radius 2 is 2.08 bits per heavy atom. The van der Waals surface area contributed by atoms with Gasteiger partial charge in [-0.2, -0.15) is 0 Å². The minimum Gasteiger partial charge on any atom is -0.334 e. The number of carbonyl (C=O) groups is 1. The Kier molecular flexibility index (Phi) is 4.09. The van der Waals surface area contributed by atoms with Crippen molar-refractivity contribution in [2.75, 3.05) is 26.7 Å². The van der Waals surface area contributed by atoms with Gasteiger partial charge in [-0.1, -0.05) is 24.3 Å². The van der Waals surface area contributed by atoms with Gasteiger partial charge in [-0.15, -0.1) is 11.3 Å². The van der Waals surface area contributed by atoms with E-state index in [-0.39, 0.29) is 5.91 Å². The fourth-order valence-electron chi connectivity index (χ4n) is 3.32. The summed E-state index contributed by atoms with van der Waals surface area (Å²) >= 11 is 1.52. The number of aromatic nitrogens is 2. The summed E-state index contributed by atoms with van der Waals surface area (Å²) in [5.74, 6) is 0.0972. The van der Waals surface area contributed by atoms with Crippen LogP contribution in [-0.4, -0.2) is 57.8 Å². The Morgan fingerprint density at radius 3 is 2.84 bits per heavy atom. The third kappa shape index (κ3) is 2.85. The number of aryl methyl sites for hydroxylation is 1. The topological polar surface area (TPSA) is 40.9 Å². The molecule has 0 spiro atoms. The summed E-state index contributed by atoms with van der Waals surface area (Å²) in [7, 11) is 2.11. The van der Waals surface area contributed by atoms with Crippen molar-refractivity contribution < 1.29 is 4.79 Å². The molecule has 0 N–H and O–H groups in total. The summed E-state index contributed by atoms with van der Waals surface area (Å²) in [4.78, 5) is 22.8. The number of hydrogen-bond donors (Lipinski definition) is 0. The van der Waals surface area contributed by atoms with Gasteiger partial charge in [0.1, 0.15) is 5.69 Å². The monoisotopic (exact) mass is 354 g/mol. The molecule has 0 radical (unpaired) electrons. The number of piperazine rings is 1. The molecule has 25 heavy (non-hydrogen) atoms. The molecule has 0 bridgehead atoms. The molecule has 1 fully saturated rings. The van der Waals surface area contributed by atoms with Crippen LogP contribution < -0.4 is 0 Å². The number of likely N-dealkylation sites (N-methyl/N-ethyl adjacent to an activating group) is 1. The van der Waals surface area contributed by atoms with Gasteiger partial charge in [0.2, 0.25) is 0 Å². The second-order valence-corrected chi connectivity index (χ2v) is 7.63. The van der Waals surface area contributed by atoms with Gasteiger partial charge in [0.05, 0.1) is 5.69 Å². The molecule has 0 saturated carbocycles. The van der Waals surface area contributed by atoms with Crippen LogP contribution in [0.4, 0.5) is 0 Å². The van der Waals surface area contributed by atoms with Crippen LogP contribution in [0.3, 0.4) is 0 Å². The van der Waals surface area contributed by atoms with Crippen LogP contribution in [0.2, 0.25) is 0 Å². The Labute approximate surface area is 151 Å². The van der Waals surface area contributed by atoms with Crippen molar-refractivity contribution in [1.29, 1.82) is 0 Å². The number of imidazole rings is 1. The van der Waals surface area contributed by atoms with E-state index in [0.717, 1.165) is 35.9 Å². The van der Waals surface area contributed by atoms with E-state index < -0.39 is 0 Å². The second-order valence-electron chi connectivity index (χ2n) is 6.80. The van der Waals surface area contributed by atoms with Crippen molar-refractivity contribution in [2.45, 2.75) is 19.9 Å². The Morgan fingerprint density at radius 1 is 1.28 bits per heavy atom. The second kappa shape index (κ2) is 6.28. The molecule has 1 atom stereocenters. The minimum absolute atomic E-state index is 0.0972. The van der Waals surface area contributed by atoms with Gasteiger partial charge in [-0.3, -0.25) is 9.20 Å². The number of amides is 1. The van der Waals surface area contributed by atoms with Gasteiger partial charge in [0, 0.05) is 42.8 Å². The fraction of sp³-hybridized carbons (Fsp3) is 0.368. The van der Waals surface area contributed by atoms with Crippen LogP contribution in [0.25, 0.3) is 16.2 Å². The molecule has 4 rings (SSSR count). The zero-order valence-electron chi connectivity index (χ0n) is 14.8. The molecule has 130 valence electrons. The van der Waals surface area contributed by atoms with Gasteiger partial charge in [-0.25, -0.2) is 4.98 Å². The van der Waals surface area contributed by atoms with Gasteiger partial charge in [0.25, 0.3) is 5.91 Å². The van der Waals surface area contributed by atoms with Crippen LogP contribution in [0, 0.1) is 6.92 Å². The van der Waals surface area contributed by atoms with E-state index in [4.69, 9.17) is 4.98 Å². The fourth-order valence-corrected chi connectivity index (χ4v) is 4.17. The standard InChI is InChI=1S/C19H22N4OS/c1-13-6-4-5-7-15(13)16-11-23-17(12-25-19(23)20-16)18(24)22-9-8-21(3)14(2)10-22/h4-7,11-12,14H,8-10H2,1-3H3. The predicted octanol–water partition coefficient (Wildman–Crippen LogP) is 3.15. The summed E-state index contributed by atoms with van der Waals surface area (Å²) in [6.07, 6.45) is 1.99. The molecule has 1 amide bonds. The van der Waals surface area contributed by atoms with Gasteiger partial charge in [-0.05, 0) is 26.5 Å². The van der Waals surface area contributed by atoms with Crippen molar-refractivity contribution in [3.63, 3.8) is 0 Å². The van der Waals surface area contributed by atoms with Crippen molar-refractivity contribution in [3.8, 4) is 11.3 Å². The Balaban J connectivity index is 1.67. The maximum Gasteiger partial charge on any atom is 0.271 e. The van der Waals surface area contributed by atoms with Crippen LogP contribution >= 0.6 is 11.3 Å². The number of fused-ring (bicyclic) bond motifs is 1. The average Bonchev–Trinajstić information content (AvgIpc) is 3.17. The molecule has 3 aromatic rings. The van der Waals surface area contributed by atoms with Crippen LogP contribution in [-0.2, 0) is 0 Å². The van der Waals surface area contributed by atoms with E-state index in [0.29, 0.717) is 11.7 Å². The lowest BCUT2D eigenvalue weighted by Gasteiger charge is -2.37. The molecule has 1 saturated heterocycles. The summed E-state index contributed by atoms with van der Waals surface area (Å²) < 4.78 is 1.94. The third-order valence-electron chi connectivity index (χ3n) is 5.10. The lowest BCUT2D eigenvalue weighted by Crippen LogP contribution is -2.52. The summed E-state index contributed by atoms with van der Waals surface area (Å²) in [5, 5.41) is 1.93. The predicted molar refractivity (Wildman–Crippen MR) is 101 cm³/mol. The molecule has 5 nitrogen and oxygen atoms in total. The summed E-state index contributed by atoms with van der Waals surface area (Å²) in [6.45, 7) is 6.71. The van der Waals surface area contributed by atoms with Crippen molar-refractivity contribution in [1.82, 2.24) is 19.2 Å². The SMILES string of the molecule is Cc1ccccc1-c1cn2c(C(=O)N3CCN(C)C(C)C3)csc2n1. The Bertz CT molecular complexity index is 929. The lowest BCUT2D eigenvalue weighted by molar-refractivity contribution is 0.0566. The lowest BCUT2D eigenvalue weighted by atomic mass is 10.1. The molecule has 1 unspecified atom stereocenters. The molecule has 3 heterocycles. The molecule has 1 aliphatic heterocycles. The van der Waals surface area contributed by atoms with E-state index in [9.17, 15) is 4.79 Å². The van der Waals surface area contributed by atoms with Crippen LogP contribution in [0.1, 0.15) is 23.0 Å². The van der Waals surface area contributed by atoms with E-state index in [1.54, 1.807) is 0 Å². The van der Waals surface area contributed by atoms with E-state index in [2.05, 4.69) is 37.9 Å². The average molecular weight is 354 g/mol. The largest absolute Gasteiger partial charge is 0.334 e. The summed E-state index contributed by atoms with van der Waals surface area (Å²) in [6, 6.07) is 8.59. The molecule has 6 heteroatoms. The van der Waals surface area contributed by atoms with E-state index >= 15 is 0 Å². The van der Waals surface area contributed by atoms with Gasteiger partial charge >= 0.3 is 0 Å². The molecule has 2 aromatic heterocycles. The van der Waals surface area contributed by atoms with Crippen LogP contribution in [0.5, 0.6) is 0 Å². The number of benzene rings is 1. The van der Waals surface area contributed by atoms with Crippen molar-refractivity contribution >= 4 is 22.2 Å². The Hall–Kier alpha value is -2.18. The van der Waals surface area contributed by atoms with Crippen LogP contribution in [0.15, 0.2) is 35.8 Å². The number of hydrogen-bond acceptors (Lipinski definition) is 4. The first-order chi connectivity index (χ1) is 12.0. The number of nitrogens with zero attached hydrogens (tertiary/aromatic N) is 4. The third-order valence-corrected chi connectivity index (χ3v) is 5.94. The van der Waals surface area contributed by atoms with Crippen molar-refractivity contribution in [3.05, 3.63) is 47.1 Å². The van der Waals surface area contributed by atoms with E-state index in [1.165, 1.54) is 16.9 Å². The smallest absolute Gasteiger partial charge is 0.271 e. The molecule has 0 aliphatic carbocycles. The molecular weight excluding hydrogens is 332 g/mol. The first-order valence-electron chi connectivity index (χ1n) is 8.56. The maximum absolute atomic E-state index is 13.0.